The zero-order valence-electron chi connectivity index (χ0n) is 8.06. The molecular weight excluding hydrogens is 260 g/mol. The van der Waals surface area contributed by atoms with E-state index in [2.05, 4.69) is 20.9 Å². The van der Waals surface area contributed by atoms with E-state index >= 15 is 0 Å². The molecule has 5 heteroatoms. The number of hydrogen-bond donors (Lipinski definition) is 1. The van der Waals surface area contributed by atoms with Crippen LogP contribution >= 0.6 is 15.9 Å². The first-order valence-electron chi connectivity index (χ1n) is 4.76. The minimum absolute atomic E-state index is 0.112. The Morgan fingerprint density at radius 1 is 1.60 bits per heavy atom. The smallest absolute Gasteiger partial charge is 0.272 e. The number of carbonyl (C=O) groups excluding carboxylic acids is 1. The van der Waals surface area contributed by atoms with Gasteiger partial charge < -0.3 is 10.0 Å². The summed E-state index contributed by atoms with van der Waals surface area (Å²) in [6.45, 7) is 1.02. The first-order valence-corrected chi connectivity index (χ1v) is 5.55. The van der Waals surface area contributed by atoms with Gasteiger partial charge in [-0.2, -0.15) is 0 Å². The Hall–Kier alpha value is -0.940. The standard InChI is InChI=1S/C10H11BrN2O2/c11-7-1-2-9(12-5-7)10(15)13-4-3-8(14)6-13/h1-2,5,8,14H,3-4,6H2/t8-/m1/s1. The number of likely N-dealkylation sites (tertiary alicyclic amines) is 1. The quantitative estimate of drug-likeness (QED) is 0.830. The average molecular weight is 271 g/mol. The Morgan fingerprint density at radius 3 is 2.93 bits per heavy atom. The molecule has 1 saturated heterocycles. The molecule has 0 unspecified atom stereocenters. The van der Waals surface area contributed by atoms with Gasteiger partial charge in [-0.25, -0.2) is 4.98 Å². The van der Waals surface area contributed by atoms with Crippen molar-refractivity contribution in [3.8, 4) is 0 Å². The van der Waals surface area contributed by atoms with Gasteiger partial charge in [0.05, 0.1) is 6.10 Å². The van der Waals surface area contributed by atoms with Crippen LogP contribution in [-0.2, 0) is 0 Å². The number of carbonyl (C=O) groups is 1. The maximum Gasteiger partial charge on any atom is 0.272 e. The fraction of sp³-hybridized carbons (Fsp3) is 0.400. The van der Waals surface area contributed by atoms with Gasteiger partial charge in [0.15, 0.2) is 0 Å². The second-order valence-corrected chi connectivity index (χ2v) is 4.47. The second-order valence-electron chi connectivity index (χ2n) is 3.56. The maximum absolute atomic E-state index is 11.8. The van der Waals surface area contributed by atoms with E-state index < -0.39 is 0 Å². The molecule has 1 atom stereocenters. The molecule has 4 nitrogen and oxygen atoms in total. The van der Waals surface area contributed by atoms with Crippen molar-refractivity contribution >= 4 is 21.8 Å². The molecular formula is C10H11BrN2O2. The average Bonchev–Trinajstić information content (AvgIpc) is 2.65. The largest absolute Gasteiger partial charge is 0.391 e. The lowest BCUT2D eigenvalue weighted by Crippen LogP contribution is -2.30. The second kappa shape index (κ2) is 4.28. The van der Waals surface area contributed by atoms with E-state index in [1.54, 1.807) is 23.2 Å². The number of amides is 1. The summed E-state index contributed by atoms with van der Waals surface area (Å²) in [6.07, 6.45) is 1.87. The first-order chi connectivity index (χ1) is 7.16. The molecule has 0 spiro atoms. The summed E-state index contributed by atoms with van der Waals surface area (Å²) in [5.74, 6) is -0.112. The lowest BCUT2D eigenvalue weighted by atomic mass is 10.3. The minimum atomic E-state index is -0.385. The number of aromatic nitrogens is 1. The number of β-amino-alcohol motifs (C(OH)–C–C–N with tert-alkyl or cyclic N) is 1. The number of halogens is 1. The zero-order chi connectivity index (χ0) is 10.8. The highest BCUT2D eigenvalue weighted by Crippen LogP contribution is 2.13. The van der Waals surface area contributed by atoms with Gasteiger partial charge in [0.25, 0.3) is 5.91 Å². The number of aliphatic hydroxyl groups is 1. The molecule has 1 aliphatic heterocycles. The zero-order valence-corrected chi connectivity index (χ0v) is 9.64. The van der Waals surface area contributed by atoms with Crippen molar-refractivity contribution < 1.29 is 9.90 Å². The van der Waals surface area contributed by atoms with Crippen molar-refractivity contribution in [2.45, 2.75) is 12.5 Å². The molecule has 0 saturated carbocycles. The molecule has 0 bridgehead atoms. The number of pyridine rings is 1. The molecule has 2 heterocycles. The maximum atomic E-state index is 11.8. The molecule has 0 aromatic carbocycles. The summed E-state index contributed by atoms with van der Waals surface area (Å²) in [6, 6.07) is 3.46. The number of rotatable bonds is 1. The molecule has 1 fully saturated rings. The molecule has 15 heavy (non-hydrogen) atoms. The Labute approximate surface area is 96.1 Å². The van der Waals surface area contributed by atoms with E-state index in [0.717, 1.165) is 4.47 Å². The van der Waals surface area contributed by atoms with Crippen LogP contribution in [0.15, 0.2) is 22.8 Å². The van der Waals surface area contributed by atoms with Crippen LogP contribution in [-0.4, -0.2) is 40.1 Å². The Balaban J connectivity index is 2.11. The van der Waals surface area contributed by atoms with Crippen LogP contribution in [0.4, 0.5) is 0 Å². The topological polar surface area (TPSA) is 53.4 Å². The first kappa shape index (κ1) is 10.6. The third-order valence-corrected chi connectivity index (χ3v) is 2.87. The van der Waals surface area contributed by atoms with Crippen molar-refractivity contribution in [3.63, 3.8) is 0 Å². The highest BCUT2D eigenvalue weighted by Gasteiger charge is 2.25. The summed E-state index contributed by atoms with van der Waals surface area (Å²) in [5, 5.41) is 9.32. The summed E-state index contributed by atoms with van der Waals surface area (Å²) < 4.78 is 0.848. The van der Waals surface area contributed by atoms with Gasteiger partial charge in [0, 0.05) is 23.8 Å². The predicted octanol–water partition coefficient (Wildman–Crippen LogP) is 1.05. The van der Waals surface area contributed by atoms with Gasteiger partial charge in [0.2, 0.25) is 0 Å². The van der Waals surface area contributed by atoms with Crippen molar-refractivity contribution in [1.29, 1.82) is 0 Å². The summed E-state index contributed by atoms with van der Waals surface area (Å²) in [7, 11) is 0. The van der Waals surface area contributed by atoms with Crippen molar-refractivity contribution in [2.75, 3.05) is 13.1 Å². The number of aliphatic hydroxyl groups excluding tert-OH is 1. The van der Waals surface area contributed by atoms with Crippen LogP contribution in [0.25, 0.3) is 0 Å². The third kappa shape index (κ3) is 2.35. The van der Waals surface area contributed by atoms with Gasteiger partial charge in [-0.1, -0.05) is 0 Å². The van der Waals surface area contributed by atoms with E-state index in [9.17, 15) is 9.90 Å². The Kier molecular flexibility index (Phi) is 3.02. The van der Waals surface area contributed by atoms with E-state index in [4.69, 9.17) is 0 Å². The molecule has 0 aliphatic carbocycles. The molecule has 1 aliphatic rings. The van der Waals surface area contributed by atoms with Crippen LogP contribution in [0.2, 0.25) is 0 Å². The molecule has 1 aromatic rings. The predicted molar refractivity (Wildman–Crippen MR) is 58.5 cm³/mol. The Bertz CT molecular complexity index is 366. The third-order valence-electron chi connectivity index (χ3n) is 2.40. The van der Waals surface area contributed by atoms with Crippen LogP contribution in [0, 0.1) is 0 Å². The normalized spacial score (nSPS) is 20.7. The van der Waals surface area contributed by atoms with Gasteiger partial charge in [-0.05, 0) is 34.5 Å². The monoisotopic (exact) mass is 270 g/mol. The highest BCUT2D eigenvalue weighted by molar-refractivity contribution is 9.10. The van der Waals surface area contributed by atoms with Crippen molar-refractivity contribution in [1.82, 2.24) is 9.88 Å². The van der Waals surface area contributed by atoms with E-state index in [-0.39, 0.29) is 12.0 Å². The molecule has 0 radical (unpaired) electrons. The van der Waals surface area contributed by atoms with Gasteiger partial charge in [-0.3, -0.25) is 4.79 Å². The molecule has 1 N–H and O–H groups in total. The van der Waals surface area contributed by atoms with Crippen molar-refractivity contribution in [3.05, 3.63) is 28.5 Å². The van der Waals surface area contributed by atoms with E-state index in [1.165, 1.54) is 0 Å². The van der Waals surface area contributed by atoms with Crippen LogP contribution in [0.1, 0.15) is 16.9 Å². The van der Waals surface area contributed by atoms with Gasteiger partial charge >= 0.3 is 0 Å². The fourth-order valence-electron chi connectivity index (χ4n) is 1.59. The summed E-state index contributed by atoms with van der Waals surface area (Å²) >= 11 is 3.26. The van der Waals surface area contributed by atoms with Gasteiger partial charge in [0.1, 0.15) is 5.69 Å². The molecule has 80 valence electrons. The SMILES string of the molecule is O=C(c1ccc(Br)cn1)N1CC[C@@H](O)C1. The summed E-state index contributed by atoms with van der Waals surface area (Å²) in [4.78, 5) is 17.5. The molecule has 2 rings (SSSR count). The highest BCUT2D eigenvalue weighted by atomic mass is 79.9. The van der Waals surface area contributed by atoms with Crippen LogP contribution in [0.3, 0.4) is 0 Å². The molecule has 1 amide bonds. The lowest BCUT2D eigenvalue weighted by molar-refractivity contribution is 0.0759. The number of nitrogens with zero attached hydrogens (tertiary/aromatic N) is 2. The van der Waals surface area contributed by atoms with Crippen LogP contribution in [0.5, 0.6) is 0 Å². The molecule has 1 aromatic heterocycles. The lowest BCUT2D eigenvalue weighted by Gasteiger charge is -2.14. The van der Waals surface area contributed by atoms with Crippen LogP contribution < -0.4 is 0 Å². The van der Waals surface area contributed by atoms with E-state index in [1.807, 2.05) is 0 Å². The Morgan fingerprint density at radius 2 is 2.40 bits per heavy atom. The van der Waals surface area contributed by atoms with Gasteiger partial charge in [-0.15, -0.1) is 0 Å². The van der Waals surface area contributed by atoms with Crippen molar-refractivity contribution in [2.24, 2.45) is 0 Å². The fourth-order valence-corrected chi connectivity index (χ4v) is 1.83. The van der Waals surface area contributed by atoms with E-state index in [0.29, 0.717) is 25.2 Å². The number of hydrogen-bond acceptors (Lipinski definition) is 3. The minimum Gasteiger partial charge on any atom is -0.391 e. The summed E-state index contributed by atoms with van der Waals surface area (Å²) in [5.41, 5.74) is 0.423.